The monoisotopic (exact) mass is 375 g/mol. The number of nitrogens with zero attached hydrogens (tertiary/aromatic N) is 1. The van der Waals surface area contributed by atoms with E-state index in [4.69, 9.17) is 0 Å². The first-order valence-corrected chi connectivity index (χ1v) is 10.5. The van der Waals surface area contributed by atoms with E-state index < -0.39 is 10.0 Å². The van der Waals surface area contributed by atoms with Gasteiger partial charge in [-0.2, -0.15) is 0 Å². The Hall–Kier alpha value is -2.32. The Morgan fingerprint density at radius 3 is 2.72 bits per heavy atom. The maximum Gasteiger partial charge on any atom is 0.268 e. The lowest BCUT2D eigenvalue weighted by molar-refractivity contribution is 0.0947. The molecule has 0 aliphatic carbocycles. The molecule has 3 heterocycles. The Morgan fingerprint density at radius 1 is 1.24 bits per heavy atom. The molecule has 1 fully saturated rings. The number of sulfonamides is 1. The Balaban J connectivity index is 1.41. The first-order chi connectivity index (χ1) is 12.0. The van der Waals surface area contributed by atoms with Crippen LogP contribution in [0.4, 0.5) is 5.69 Å². The summed E-state index contributed by atoms with van der Waals surface area (Å²) < 4.78 is 26.4. The quantitative estimate of drug-likeness (QED) is 0.736. The van der Waals surface area contributed by atoms with Crippen molar-refractivity contribution in [3.8, 4) is 0 Å². The summed E-state index contributed by atoms with van der Waals surface area (Å²) in [5, 5.41) is 4.85. The Morgan fingerprint density at radius 2 is 2.04 bits per heavy atom. The van der Waals surface area contributed by atoms with Crippen molar-refractivity contribution in [3.63, 3.8) is 0 Å². The van der Waals surface area contributed by atoms with Crippen molar-refractivity contribution in [2.75, 3.05) is 16.6 Å². The van der Waals surface area contributed by atoms with Gasteiger partial charge in [-0.25, -0.2) is 8.42 Å². The number of hydrogen-bond donors (Lipinski definition) is 2. The van der Waals surface area contributed by atoms with E-state index >= 15 is 0 Å². The fourth-order valence-corrected chi connectivity index (χ4v) is 5.30. The lowest BCUT2D eigenvalue weighted by Gasteiger charge is -2.17. The Kier molecular flexibility index (Phi) is 4.01. The minimum absolute atomic E-state index is 0.158. The second-order valence-corrected chi connectivity index (χ2v) is 8.93. The molecule has 0 atom stereocenters. The number of fused-ring (bicyclic) bond motifs is 1. The van der Waals surface area contributed by atoms with E-state index in [9.17, 15) is 13.2 Å². The standard InChI is InChI=1S/C17H17N3O3S2/c21-17(15-10-16-14(19-15)6-8-24-16)18-11-12-2-4-13(5-3-12)20-7-1-9-25(20,22)23/h2-6,8,10,19H,1,7,9,11H2,(H,18,21). The van der Waals surface area contributed by atoms with Crippen LogP contribution in [0.2, 0.25) is 0 Å². The maximum absolute atomic E-state index is 12.2. The van der Waals surface area contributed by atoms with Gasteiger partial charge in [-0.1, -0.05) is 12.1 Å². The van der Waals surface area contributed by atoms with Crippen LogP contribution in [0.5, 0.6) is 0 Å². The molecular weight excluding hydrogens is 358 g/mol. The molecule has 1 aliphatic rings. The van der Waals surface area contributed by atoms with Crippen LogP contribution in [0.1, 0.15) is 22.5 Å². The summed E-state index contributed by atoms with van der Waals surface area (Å²) in [7, 11) is -3.16. The summed E-state index contributed by atoms with van der Waals surface area (Å²) in [5.41, 5.74) is 3.10. The summed E-state index contributed by atoms with van der Waals surface area (Å²) in [6, 6.07) is 11.1. The van der Waals surface area contributed by atoms with Gasteiger partial charge in [0.2, 0.25) is 10.0 Å². The smallest absolute Gasteiger partial charge is 0.268 e. The number of benzene rings is 1. The molecule has 1 saturated heterocycles. The van der Waals surface area contributed by atoms with E-state index in [0.717, 1.165) is 15.8 Å². The van der Waals surface area contributed by atoms with Crippen molar-refractivity contribution in [1.29, 1.82) is 0 Å². The third kappa shape index (κ3) is 3.14. The zero-order valence-corrected chi connectivity index (χ0v) is 15.0. The first-order valence-electron chi connectivity index (χ1n) is 7.97. The van der Waals surface area contributed by atoms with E-state index in [1.54, 1.807) is 23.5 Å². The number of thiophene rings is 1. The summed E-state index contributed by atoms with van der Waals surface area (Å²) in [6.45, 7) is 0.918. The summed E-state index contributed by atoms with van der Waals surface area (Å²) in [6.07, 6.45) is 0.660. The number of hydrogen-bond acceptors (Lipinski definition) is 4. The van der Waals surface area contributed by atoms with Gasteiger partial charge in [0.05, 0.1) is 21.7 Å². The largest absolute Gasteiger partial charge is 0.350 e. The fraction of sp³-hybridized carbons (Fsp3) is 0.235. The first kappa shape index (κ1) is 16.2. The van der Waals surface area contributed by atoms with Crippen LogP contribution in [0.15, 0.2) is 41.8 Å². The lowest BCUT2D eigenvalue weighted by atomic mass is 10.2. The molecule has 0 spiro atoms. The van der Waals surface area contributed by atoms with Crippen LogP contribution in [0.25, 0.3) is 10.2 Å². The topological polar surface area (TPSA) is 82.3 Å². The SMILES string of the molecule is O=C(NCc1ccc(N2CCCS2(=O)=O)cc1)c1cc2sccc2[nH]1. The summed E-state index contributed by atoms with van der Waals surface area (Å²) in [5.74, 6) is 0.0490. The molecular formula is C17H17N3O3S2. The normalized spacial score (nSPS) is 16.4. The van der Waals surface area contributed by atoms with Crippen molar-refractivity contribution in [1.82, 2.24) is 10.3 Å². The van der Waals surface area contributed by atoms with Crippen LogP contribution in [0.3, 0.4) is 0 Å². The number of aromatic amines is 1. The molecule has 0 unspecified atom stereocenters. The molecule has 6 nitrogen and oxygen atoms in total. The van der Waals surface area contributed by atoms with E-state index in [-0.39, 0.29) is 11.7 Å². The van der Waals surface area contributed by atoms with E-state index in [2.05, 4.69) is 10.3 Å². The van der Waals surface area contributed by atoms with Crippen LogP contribution in [0, 0.1) is 0 Å². The molecule has 25 heavy (non-hydrogen) atoms. The second-order valence-electron chi connectivity index (χ2n) is 5.97. The number of H-pyrrole nitrogens is 1. The number of nitrogens with one attached hydrogen (secondary N) is 2. The average molecular weight is 375 g/mol. The number of amides is 1. The third-order valence-corrected chi connectivity index (χ3v) is 6.99. The van der Waals surface area contributed by atoms with Crippen LogP contribution in [-0.4, -0.2) is 31.6 Å². The molecule has 0 bridgehead atoms. The van der Waals surface area contributed by atoms with Crippen molar-refractivity contribution >= 4 is 43.2 Å². The molecule has 0 radical (unpaired) electrons. The maximum atomic E-state index is 12.2. The van der Waals surface area contributed by atoms with Gasteiger partial charge in [-0.15, -0.1) is 11.3 Å². The molecule has 4 rings (SSSR count). The summed E-state index contributed by atoms with van der Waals surface area (Å²) >= 11 is 1.59. The highest BCUT2D eigenvalue weighted by Crippen LogP contribution is 2.24. The molecule has 130 valence electrons. The second kappa shape index (κ2) is 6.20. The average Bonchev–Trinajstić information content (AvgIpc) is 3.27. The van der Waals surface area contributed by atoms with Crippen molar-refractivity contribution in [2.24, 2.45) is 0 Å². The zero-order chi connectivity index (χ0) is 17.4. The minimum Gasteiger partial charge on any atom is -0.350 e. The van der Waals surface area contributed by atoms with Crippen LogP contribution in [-0.2, 0) is 16.6 Å². The zero-order valence-electron chi connectivity index (χ0n) is 13.4. The van der Waals surface area contributed by atoms with Gasteiger partial charge >= 0.3 is 0 Å². The molecule has 3 aromatic rings. The molecule has 2 aromatic heterocycles. The van der Waals surface area contributed by atoms with Crippen LogP contribution >= 0.6 is 11.3 Å². The number of anilines is 1. The van der Waals surface area contributed by atoms with Gasteiger partial charge in [0.1, 0.15) is 5.69 Å². The van der Waals surface area contributed by atoms with E-state index in [1.165, 1.54) is 4.31 Å². The summed E-state index contributed by atoms with van der Waals surface area (Å²) in [4.78, 5) is 15.3. The number of rotatable bonds is 4. The molecule has 0 saturated carbocycles. The Bertz CT molecular complexity index is 991. The van der Waals surface area contributed by atoms with Crippen molar-refractivity contribution in [3.05, 3.63) is 53.0 Å². The van der Waals surface area contributed by atoms with E-state index in [1.807, 2.05) is 29.6 Å². The highest BCUT2D eigenvalue weighted by atomic mass is 32.2. The van der Waals surface area contributed by atoms with Crippen molar-refractivity contribution < 1.29 is 13.2 Å². The lowest BCUT2D eigenvalue weighted by Crippen LogP contribution is -2.25. The van der Waals surface area contributed by atoms with Gasteiger partial charge in [0, 0.05) is 13.1 Å². The van der Waals surface area contributed by atoms with Gasteiger partial charge in [-0.3, -0.25) is 9.10 Å². The van der Waals surface area contributed by atoms with Crippen LogP contribution < -0.4 is 9.62 Å². The van der Waals surface area contributed by atoms with Gasteiger partial charge < -0.3 is 10.3 Å². The molecule has 1 aromatic carbocycles. The predicted molar refractivity (Wildman–Crippen MR) is 99.5 cm³/mol. The molecule has 1 amide bonds. The predicted octanol–water partition coefficient (Wildman–Crippen LogP) is 2.70. The van der Waals surface area contributed by atoms with Gasteiger partial charge in [0.25, 0.3) is 5.91 Å². The number of carbonyl (C=O) groups excluding carboxylic acids is 1. The minimum atomic E-state index is -3.16. The van der Waals surface area contributed by atoms with Gasteiger partial charge in [0.15, 0.2) is 0 Å². The van der Waals surface area contributed by atoms with Crippen molar-refractivity contribution in [2.45, 2.75) is 13.0 Å². The molecule has 1 aliphatic heterocycles. The third-order valence-electron chi connectivity index (χ3n) is 4.26. The molecule has 2 N–H and O–H groups in total. The highest BCUT2D eigenvalue weighted by molar-refractivity contribution is 7.93. The van der Waals surface area contributed by atoms with E-state index in [0.29, 0.717) is 30.9 Å². The highest BCUT2D eigenvalue weighted by Gasteiger charge is 2.28. The Labute approximate surface area is 149 Å². The molecule has 8 heteroatoms. The number of carbonyl (C=O) groups is 1. The van der Waals surface area contributed by atoms with Gasteiger partial charge in [-0.05, 0) is 41.6 Å². The fourth-order valence-electron chi connectivity index (χ4n) is 2.96. The number of aromatic nitrogens is 1.